The summed E-state index contributed by atoms with van der Waals surface area (Å²) in [4.78, 5) is 44.0. The molecule has 0 saturated carbocycles. The largest absolute Gasteiger partial charge is 0.465 e. The van der Waals surface area contributed by atoms with E-state index in [2.05, 4.69) is 10.3 Å². The maximum atomic E-state index is 14.0. The molecule has 3 heterocycles. The summed E-state index contributed by atoms with van der Waals surface area (Å²) in [5.41, 5.74) is 7.68. The molecule has 1 atom stereocenters. The molecule has 1 fully saturated rings. The van der Waals surface area contributed by atoms with Crippen molar-refractivity contribution in [2.45, 2.75) is 57.0 Å². The smallest absolute Gasteiger partial charge is 0.323 e. The van der Waals surface area contributed by atoms with E-state index >= 15 is 0 Å². The number of ether oxygens (including phenoxy) is 1. The van der Waals surface area contributed by atoms with Crippen LogP contribution in [0.25, 0.3) is 10.9 Å². The topological polar surface area (TPSA) is 155 Å². The molecule has 1 aromatic heterocycles. The number of hydrogen-bond acceptors (Lipinski definition) is 7. The third-order valence-corrected chi connectivity index (χ3v) is 10.0. The van der Waals surface area contributed by atoms with Gasteiger partial charge < -0.3 is 25.7 Å². The van der Waals surface area contributed by atoms with Crippen molar-refractivity contribution in [1.82, 2.24) is 15.2 Å². The van der Waals surface area contributed by atoms with Crippen LogP contribution < -0.4 is 15.4 Å². The highest BCUT2D eigenvalue weighted by molar-refractivity contribution is 7.93. The zero-order valence-electron chi connectivity index (χ0n) is 24.8. The van der Waals surface area contributed by atoms with E-state index in [1.54, 1.807) is 37.8 Å². The molecule has 12 heteroatoms. The summed E-state index contributed by atoms with van der Waals surface area (Å²) in [7, 11) is -3.97. The van der Waals surface area contributed by atoms with Crippen LogP contribution in [-0.2, 0) is 41.0 Å². The third kappa shape index (κ3) is 6.12. The number of rotatable bonds is 9. The molecule has 0 aliphatic carbocycles. The van der Waals surface area contributed by atoms with Gasteiger partial charge in [-0.05, 0) is 56.9 Å². The Hall–Kier alpha value is -3.90. The van der Waals surface area contributed by atoms with Gasteiger partial charge in [-0.3, -0.25) is 18.7 Å². The van der Waals surface area contributed by atoms with Crippen LogP contribution in [0.3, 0.4) is 0 Å². The summed E-state index contributed by atoms with van der Waals surface area (Å²) >= 11 is 0. The van der Waals surface area contributed by atoms with E-state index in [-0.39, 0.29) is 25.5 Å². The van der Waals surface area contributed by atoms with Gasteiger partial charge in [-0.25, -0.2) is 8.42 Å². The number of aromatic amines is 1. The molecule has 2 aliphatic heterocycles. The van der Waals surface area contributed by atoms with E-state index < -0.39 is 44.6 Å². The van der Waals surface area contributed by atoms with Crippen LogP contribution in [0.4, 0.5) is 5.69 Å². The van der Waals surface area contributed by atoms with Crippen LogP contribution >= 0.6 is 0 Å². The molecule has 2 aromatic carbocycles. The van der Waals surface area contributed by atoms with Gasteiger partial charge in [0.05, 0.1) is 17.8 Å². The van der Waals surface area contributed by atoms with Gasteiger partial charge in [0.25, 0.3) is 0 Å². The van der Waals surface area contributed by atoms with Gasteiger partial charge in [-0.1, -0.05) is 36.4 Å². The zero-order valence-corrected chi connectivity index (χ0v) is 25.6. The lowest BCUT2D eigenvalue weighted by Crippen LogP contribution is -2.58. The molecule has 11 nitrogen and oxygen atoms in total. The first-order valence-corrected chi connectivity index (χ1v) is 16.1. The molecule has 0 radical (unpaired) electrons. The number of para-hydroxylation sites is 2. The average molecular weight is 610 g/mol. The molecule has 0 bridgehead atoms. The van der Waals surface area contributed by atoms with E-state index in [9.17, 15) is 22.8 Å². The summed E-state index contributed by atoms with van der Waals surface area (Å²) in [6.07, 6.45) is 3.19. The van der Waals surface area contributed by atoms with Crippen molar-refractivity contribution in [3.8, 4) is 0 Å². The minimum atomic E-state index is -3.97. The number of benzene rings is 2. The van der Waals surface area contributed by atoms with Crippen molar-refractivity contribution in [2.75, 3.05) is 36.3 Å². The quantitative estimate of drug-likeness (QED) is 0.314. The Morgan fingerprint density at radius 2 is 1.77 bits per heavy atom. The van der Waals surface area contributed by atoms with Crippen molar-refractivity contribution in [1.29, 1.82) is 0 Å². The Bertz CT molecular complexity index is 1640. The highest BCUT2D eigenvalue weighted by Crippen LogP contribution is 2.48. The molecule has 1 saturated heterocycles. The number of hydrogen-bond donors (Lipinski definition) is 3. The maximum Gasteiger partial charge on any atom is 0.323 e. The van der Waals surface area contributed by atoms with E-state index in [0.717, 1.165) is 22.0 Å². The Balaban J connectivity index is 1.36. The highest BCUT2D eigenvalue weighted by Gasteiger charge is 2.49. The number of esters is 1. The van der Waals surface area contributed by atoms with Crippen molar-refractivity contribution in [3.63, 3.8) is 0 Å². The van der Waals surface area contributed by atoms with Gasteiger partial charge in [0.1, 0.15) is 6.04 Å². The van der Waals surface area contributed by atoms with Gasteiger partial charge >= 0.3 is 5.97 Å². The lowest BCUT2D eigenvalue weighted by atomic mass is 9.74. The minimum absolute atomic E-state index is 0.100. The molecule has 2 amide bonds. The first-order valence-electron chi connectivity index (χ1n) is 14.5. The lowest BCUT2D eigenvalue weighted by Gasteiger charge is -2.41. The zero-order chi connectivity index (χ0) is 31.0. The standard InChI is InChI=1S/C31H39N5O6S/c1-4-42-27(37)19-43(40,41)36-20-31(23-10-6-8-12-26(23)36)13-15-35(16-14-31)28(38)25(34-29(39)30(2,3)32)17-21-18-33-24-11-7-5-9-22(21)24/h5-12,18,25,33H,4,13-17,19-20,32H2,1-3H3,(H,34,39). The SMILES string of the molecule is CCOC(=O)CS(=O)(=O)N1CC2(CCN(C(=O)C(Cc3c[nH]c4ccccc34)NC(=O)C(C)(C)N)CC2)c2ccccc21. The van der Waals surface area contributed by atoms with Crippen LogP contribution in [0.1, 0.15) is 44.7 Å². The predicted molar refractivity (Wildman–Crippen MR) is 164 cm³/mol. The number of H-pyrrole nitrogens is 1. The number of amides is 2. The number of sulfonamides is 1. The first-order chi connectivity index (χ1) is 20.3. The van der Waals surface area contributed by atoms with Crippen molar-refractivity contribution in [2.24, 2.45) is 5.73 Å². The first kappa shape index (κ1) is 30.6. The second-order valence-electron chi connectivity index (χ2n) is 12.0. The number of piperidine rings is 1. The number of carbonyl (C=O) groups is 3. The number of fused-ring (bicyclic) bond motifs is 3. The summed E-state index contributed by atoms with van der Waals surface area (Å²) in [5.74, 6) is -2.16. The number of likely N-dealkylation sites (tertiary alicyclic amines) is 1. The molecule has 2 aliphatic rings. The number of aromatic nitrogens is 1. The fraction of sp³-hybridized carbons (Fsp3) is 0.452. The van der Waals surface area contributed by atoms with Crippen LogP contribution in [0.15, 0.2) is 54.7 Å². The van der Waals surface area contributed by atoms with E-state index in [0.29, 0.717) is 31.6 Å². The fourth-order valence-corrected chi connectivity index (χ4v) is 7.57. The Kier molecular flexibility index (Phi) is 8.28. The van der Waals surface area contributed by atoms with E-state index in [1.165, 1.54) is 4.31 Å². The summed E-state index contributed by atoms with van der Waals surface area (Å²) < 4.78 is 32.8. The number of anilines is 1. The van der Waals surface area contributed by atoms with E-state index in [4.69, 9.17) is 10.5 Å². The Morgan fingerprint density at radius 3 is 2.47 bits per heavy atom. The summed E-state index contributed by atoms with van der Waals surface area (Å²) in [5, 5.41) is 3.87. The maximum absolute atomic E-state index is 14.0. The molecule has 4 N–H and O–H groups in total. The molecular weight excluding hydrogens is 570 g/mol. The van der Waals surface area contributed by atoms with Crippen LogP contribution in [-0.4, -0.2) is 79.7 Å². The normalized spacial score (nSPS) is 17.1. The van der Waals surface area contributed by atoms with Gasteiger partial charge in [0.2, 0.25) is 21.8 Å². The van der Waals surface area contributed by atoms with Gasteiger partial charge in [-0.15, -0.1) is 0 Å². The van der Waals surface area contributed by atoms with Gasteiger partial charge in [0, 0.05) is 48.6 Å². The van der Waals surface area contributed by atoms with Crippen LogP contribution in [0, 0.1) is 0 Å². The third-order valence-electron chi connectivity index (χ3n) is 8.45. The monoisotopic (exact) mass is 609 g/mol. The fourth-order valence-electron chi connectivity index (χ4n) is 6.13. The van der Waals surface area contributed by atoms with Gasteiger partial charge in [0.15, 0.2) is 5.75 Å². The number of carbonyl (C=O) groups excluding carboxylic acids is 3. The molecule has 5 rings (SSSR count). The number of nitrogens with two attached hydrogens (primary N) is 1. The van der Waals surface area contributed by atoms with Crippen LogP contribution in [0.2, 0.25) is 0 Å². The molecule has 1 unspecified atom stereocenters. The molecule has 43 heavy (non-hydrogen) atoms. The molecule has 3 aromatic rings. The van der Waals surface area contributed by atoms with Crippen molar-refractivity contribution in [3.05, 3.63) is 65.9 Å². The Morgan fingerprint density at radius 1 is 1.09 bits per heavy atom. The summed E-state index contributed by atoms with van der Waals surface area (Å²) in [6, 6.07) is 14.3. The minimum Gasteiger partial charge on any atom is -0.465 e. The predicted octanol–water partition coefficient (Wildman–Crippen LogP) is 2.21. The van der Waals surface area contributed by atoms with Gasteiger partial charge in [-0.2, -0.15) is 0 Å². The second-order valence-corrected chi connectivity index (χ2v) is 13.9. The Labute approximate surface area is 251 Å². The van der Waals surface area contributed by atoms with Crippen LogP contribution in [0.5, 0.6) is 0 Å². The molecule has 1 spiro atoms. The lowest BCUT2D eigenvalue weighted by molar-refractivity contribution is -0.140. The molecule has 230 valence electrons. The highest BCUT2D eigenvalue weighted by atomic mass is 32.2. The van der Waals surface area contributed by atoms with Crippen molar-refractivity contribution < 1.29 is 27.5 Å². The summed E-state index contributed by atoms with van der Waals surface area (Å²) in [6.45, 7) is 5.87. The second kappa shape index (κ2) is 11.6. The average Bonchev–Trinajstić information content (AvgIpc) is 3.52. The van der Waals surface area contributed by atoms with E-state index in [1.807, 2.05) is 42.6 Å². The number of nitrogens with zero attached hydrogens (tertiary/aromatic N) is 2. The molecular formula is C31H39N5O6S. The number of nitrogens with one attached hydrogen (secondary N) is 2. The van der Waals surface area contributed by atoms with Crippen molar-refractivity contribution >= 4 is 44.4 Å².